The maximum Gasteiger partial charge on any atom is 0.0320 e. The molecular weight excluding hydrogens is 240 g/mol. The van der Waals surface area contributed by atoms with E-state index in [4.69, 9.17) is 0 Å². The van der Waals surface area contributed by atoms with Gasteiger partial charge in [-0.1, -0.05) is 26.0 Å². The molecule has 1 aliphatic rings. The molecule has 2 nitrogen and oxygen atoms in total. The van der Waals surface area contributed by atoms with E-state index in [9.17, 15) is 0 Å². The zero-order chi connectivity index (χ0) is 13.0. The number of thioether (sulfide) groups is 1. The Bertz CT molecular complexity index is 355. The van der Waals surface area contributed by atoms with E-state index in [1.807, 2.05) is 11.8 Å². The van der Waals surface area contributed by atoms with Crippen molar-refractivity contribution in [2.45, 2.75) is 37.0 Å². The van der Waals surface area contributed by atoms with Gasteiger partial charge in [-0.2, -0.15) is 0 Å². The normalized spacial score (nSPS) is 19.1. The summed E-state index contributed by atoms with van der Waals surface area (Å²) >= 11 is 1.93. The second-order valence-electron chi connectivity index (χ2n) is 5.20. The van der Waals surface area contributed by atoms with Gasteiger partial charge in [-0.25, -0.2) is 0 Å². The molecule has 0 saturated carbocycles. The fraction of sp³-hybridized carbons (Fsp3) is 0.600. The van der Waals surface area contributed by atoms with E-state index in [1.54, 1.807) is 0 Å². The first-order valence-electron chi connectivity index (χ1n) is 6.88. The molecule has 1 atom stereocenters. The maximum atomic E-state index is 3.41. The summed E-state index contributed by atoms with van der Waals surface area (Å²) in [4.78, 5) is 3.93. The van der Waals surface area contributed by atoms with Gasteiger partial charge in [-0.3, -0.25) is 4.90 Å². The number of benzene rings is 1. The number of hydrogen-bond donors (Lipinski definition) is 1. The minimum atomic E-state index is 0.533. The Morgan fingerprint density at radius 3 is 2.22 bits per heavy atom. The zero-order valence-electron chi connectivity index (χ0n) is 11.6. The fourth-order valence-corrected chi connectivity index (χ4v) is 3.21. The van der Waals surface area contributed by atoms with Crippen molar-refractivity contribution < 1.29 is 0 Å². The summed E-state index contributed by atoms with van der Waals surface area (Å²) < 4.78 is 0. The molecule has 0 aliphatic carbocycles. The minimum Gasteiger partial charge on any atom is -0.314 e. The van der Waals surface area contributed by atoms with Crippen molar-refractivity contribution in [2.75, 3.05) is 26.2 Å². The summed E-state index contributed by atoms with van der Waals surface area (Å²) in [5.74, 6) is 0. The van der Waals surface area contributed by atoms with E-state index < -0.39 is 0 Å². The second-order valence-corrected chi connectivity index (χ2v) is 6.85. The molecule has 0 radical (unpaired) electrons. The first kappa shape index (κ1) is 13.9. The van der Waals surface area contributed by atoms with Crippen LogP contribution in [0.3, 0.4) is 0 Å². The Morgan fingerprint density at radius 2 is 1.67 bits per heavy atom. The molecule has 1 saturated heterocycles. The predicted octanol–water partition coefficient (Wildman–Crippen LogP) is 3.15. The summed E-state index contributed by atoms with van der Waals surface area (Å²) in [5.41, 5.74) is 1.44. The van der Waals surface area contributed by atoms with Gasteiger partial charge in [0.05, 0.1) is 0 Å². The molecule has 0 amide bonds. The van der Waals surface area contributed by atoms with Crippen molar-refractivity contribution in [3.63, 3.8) is 0 Å². The molecule has 1 fully saturated rings. The van der Waals surface area contributed by atoms with Gasteiger partial charge in [0.25, 0.3) is 0 Å². The Kier molecular flexibility index (Phi) is 5.10. The summed E-state index contributed by atoms with van der Waals surface area (Å²) in [6, 6.07) is 9.64. The average Bonchev–Trinajstić information content (AvgIpc) is 2.39. The number of nitrogens with zero attached hydrogens (tertiary/aromatic N) is 1. The van der Waals surface area contributed by atoms with Crippen LogP contribution < -0.4 is 5.32 Å². The largest absolute Gasteiger partial charge is 0.314 e. The lowest BCUT2D eigenvalue weighted by molar-refractivity contribution is 0.185. The number of piperazine rings is 1. The maximum absolute atomic E-state index is 3.41. The quantitative estimate of drug-likeness (QED) is 0.841. The molecule has 1 heterocycles. The number of nitrogens with one attached hydrogen (secondary N) is 1. The van der Waals surface area contributed by atoms with Gasteiger partial charge in [-0.15, -0.1) is 11.8 Å². The molecular formula is C15H24N2S. The smallest absolute Gasteiger partial charge is 0.0320 e. The molecule has 100 valence electrons. The Morgan fingerprint density at radius 1 is 1.06 bits per heavy atom. The molecule has 1 unspecified atom stereocenters. The van der Waals surface area contributed by atoms with E-state index in [0.717, 1.165) is 26.2 Å². The third-order valence-electron chi connectivity index (χ3n) is 3.43. The molecule has 1 N–H and O–H groups in total. The van der Waals surface area contributed by atoms with Crippen molar-refractivity contribution in [3.05, 3.63) is 29.8 Å². The van der Waals surface area contributed by atoms with E-state index in [-0.39, 0.29) is 0 Å². The number of hydrogen-bond acceptors (Lipinski definition) is 3. The highest BCUT2D eigenvalue weighted by atomic mass is 32.2. The van der Waals surface area contributed by atoms with Crippen LogP contribution in [0.25, 0.3) is 0 Å². The van der Waals surface area contributed by atoms with Crippen molar-refractivity contribution in [2.24, 2.45) is 0 Å². The van der Waals surface area contributed by atoms with Gasteiger partial charge in [-0.05, 0) is 24.6 Å². The van der Waals surface area contributed by atoms with Crippen LogP contribution in [0.15, 0.2) is 29.2 Å². The predicted molar refractivity (Wildman–Crippen MR) is 80.3 cm³/mol. The van der Waals surface area contributed by atoms with Crippen LogP contribution in [0, 0.1) is 0 Å². The molecule has 0 aromatic heterocycles. The monoisotopic (exact) mass is 264 g/mol. The first-order chi connectivity index (χ1) is 8.66. The van der Waals surface area contributed by atoms with Gasteiger partial charge in [0.2, 0.25) is 0 Å². The number of rotatable bonds is 4. The van der Waals surface area contributed by atoms with Crippen LogP contribution in [0.5, 0.6) is 0 Å². The molecule has 2 rings (SSSR count). The third-order valence-corrected chi connectivity index (χ3v) is 4.45. The molecule has 0 bridgehead atoms. The van der Waals surface area contributed by atoms with Gasteiger partial charge < -0.3 is 5.32 Å². The van der Waals surface area contributed by atoms with Crippen LogP contribution in [-0.2, 0) is 0 Å². The van der Waals surface area contributed by atoms with Crippen LogP contribution in [0.2, 0.25) is 0 Å². The van der Waals surface area contributed by atoms with Crippen molar-refractivity contribution >= 4 is 11.8 Å². The highest BCUT2D eigenvalue weighted by molar-refractivity contribution is 7.99. The van der Waals surface area contributed by atoms with Crippen molar-refractivity contribution in [3.8, 4) is 0 Å². The van der Waals surface area contributed by atoms with Gasteiger partial charge >= 0.3 is 0 Å². The van der Waals surface area contributed by atoms with Gasteiger partial charge in [0.15, 0.2) is 0 Å². The fourth-order valence-electron chi connectivity index (χ4n) is 2.38. The van der Waals surface area contributed by atoms with E-state index in [0.29, 0.717) is 11.3 Å². The standard InChI is InChI=1S/C15H24N2S/c1-12(2)18-15-6-4-14(5-7-15)13(3)17-10-8-16-9-11-17/h4-7,12-13,16H,8-11H2,1-3H3. The van der Waals surface area contributed by atoms with Gasteiger partial charge in [0, 0.05) is 42.4 Å². The third kappa shape index (κ3) is 3.74. The first-order valence-corrected chi connectivity index (χ1v) is 7.76. The molecule has 0 spiro atoms. The SMILES string of the molecule is CC(C)Sc1ccc(C(C)N2CCNCC2)cc1. The van der Waals surface area contributed by atoms with E-state index >= 15 is 0 Å². The van der Waals surface area contributed by atoms with E-state index in [1.165, 1.54) is 10.5 Å². The Balaban J connectivity index is 1.99. The highest BCUT2D eigenvalue weighted by Crippen LogP contribution is 2.26. The molecule has 1 aromatic rings. The molecule has 3 heteroatoms. The van der Waals surface area contributed by atoms with Crippen LogP contribution in [-0.4, -0.2) is 36.3 Å². The highest BCUT2D eigenvalue weighted by Gasteiger charge is 2.17. The summed E-state index contributed by atoms with van der Waals surface area (Å²) in [6.07, 6.45) is 0. The van der Waals surface area contributed by atoms with E-state index in [2.05, 4.69) is 55.3 Å². The summed E-state index contributed by atoms with van der Waals surface area (Å²) in [7, 11) is 0. The molecule has 1 aliphatic heterocycles. The van der Waals surface area contributed by atoms with Crippen LogP contribution >= 0.6 is 11.8 Å². The lowest BCUT2D eigenvalue weighted by Crippen LogP contribution is -2.44. The summed E-state index contributed by atoms with van der Waals surface area (Å²) in [6.45, 7) is 11.3. The van der Waals surface area contributed by atoms with Crippen molar-refractivity contribution in [1.29, 1.82) is 0 Å². The lowest BCUT2D eigenvalue weighted by atomic mass is 10.1. The van der Waals surface area contributed by atoms with Crippen molar-refractivity contribution in [1.82, 2.24) is 10.2 Å². The molecule has 18 heavy (non-hydrogen) atoms. The Hall–Kier alpha value is -0.510. The topological polar surface area (TPSA) is 15.3 Å². The van der Waals surface area contributed by atoms with Crippen LogP contribution in [0.1, 0.15) is 32.4 Å². The average molecular weight is 264 g/mol. The lowest BCUT2D eigenvalue weighted by Gasteiger charge is -2.33. The molecule has 1 aromatic carbocycles. The minimum absolute atomic E-state index is 0.533. The summed E-state index contributed by atoms with van der Waals surface area (Å²) in [5, 5.41) is 4.06. The zero-order valence-corrected chi connectivity index (χ0v) is 12.5. The van der Waals surface area contributed by atoms with Gasteiger partial charge in [0.1, 0.15) is 0 Å². The second kappa shape index (κ2) is 6.60. The Labute approximate surface area is 115 Å². The van der Waals surface area contributed by atoms with Crippen LogP contribution in [0.4, 0.5) is 0 Å².